The molecular formula is C52H64O6Si2. The fraction of sp³-hybridized carbons (Fsp3) is 0.327. The van der Waals surface area contributed by atoms with Crippen molar-refractivity contribution in [1.82, 2.24) is 0 Å². The Morgan fingerprint density at radius 1 is 0.600 bits per heavy atom. The highest BCUT2D eigenvalue weighted by Gasteiger charge is 2.52. The number of hydrogen-bond donors (Lipinski definition) is 1. The van der Waals surface area contributed by atoms with Crippen LogP contribution in [0.2, 0.25) is 10.1 Å². The number of ether oxygens (including phenoxy) is 2. The summed E-state index contributed by atoms with van der Waals surface area (Å²) < 4.78 is 26.9. The molecule has 0 aromatic heterocycles. The van der Waals surface area contributed by atoms with E-state index in [0.717, 1.165) is 40.9 Å². The van der Waals surface area contributed by atoms with Crippen LogP contribution in [0.25, 0.3) is 0 Å². The maximum atomic E-state index is 12.1. The number of hydrogen-bond acceptors (Lipinski definition) is 5. The number of carboxylic acids is 1. The Morgan fingerprint density at radius 3 is 1.43 bits per heavy atom. The molecule has 0 bridgehead atoms. The van der Waals surface area contributed by atoms with Gasteiger partial charge in [-0.2, -0.15) is 0 Å². The molecular weight excluding hydrogens is 777 g/mol. The number of methoxy groups -OCH3 is 1. The van der Waals surface area contributed by atoms with E-state index in [1.807, 2.05) is 42.5 Å². The van der Waals surface area contributed by atoms with Crippen molar-refractivity contribution in [1.29, 1.82) is 0 Å². The monoisotopic (exact) mass is 840 g/mol. The Bertz CT molecular complexity index is 2010. The molecule has 0 radical (unpaired) electrons. The van der Waals surface area contributed by atoms with E-state index >= 15 is 0 Å². The van der Waals surface area contributed by atoms with E-state index in [9.17, 15) is 9.90 Å². The minimum atomic E-state index is -3.07. The predicted molar refractivity (Wildman–Crippen MR) is 252 cm³/mol. The first-order valence-electron chi connectivity index (χ1n) is 21.1. The number of carboxylic acid groups (broad SMARTS) is 1. The SMILES string of the molecule is COc1ccc(CO[C@@H](C)CCC[C@H](/C=C\[C@@H](/C=C\C(=O)O)O[Si](c2ccccc2)(c2ccccc2)C(C)(C)C)O[Si](c2ccccc2)(c2ccccc2)C(C)(C)C)cc1. The van der Waals surface area contributed by atoms with Crippen molar-refractivity contribution in [2.45, 2.75) is 103 Å². The van der Waals surface area contributed by atoms with Crippen LogP contribution in [0.4, 0.5) is 0 Å². The lowest BCUT2D eigenvalue weighted by Gasteiger charge is -2.45. The molecule has 0 spiro atoms. The molecule has 0 aliphatic rings. The summed E-state index contributed by atoms with van der Waals surface area (Å²) in [5, 5.41) is 14.0. The Hall–Kier alpha value is -4.84. The standard InChI is InChI=1S/C52H64O6Si2/c1-41(56-40-42-32-34-43(55-8)35-33-42)22-21-23-44(57-59(51(2,3)4,46-24-13-9-14-25-46)47-26-15-10-16-27-47)36-37-45(38-39-50(53)54)58-60(52(5,6)7,48-28-17-11-18-29-48)49-30-19-12-20-31-49/h9-20,24-39,41,44-45H,21-23,40H2,1-8H3,(H,53,54)/b37-36-,39-38-/t41-,44+,45-/m0/s1. The summed E-state index contributed by atoms with van der Waals surface area (Å²) in [6.45, 7) is 16.2. The third kappa shape index (κ3) is 11.5. The van der Waals surface area contributed by atoms with Crippen molar-refractivity contribution in [3.05, 3.63) is 175 Å². The molecule has 0 unspecified atom stereocenters. The molecule has 0 heterocycles. The fourth-order valence-corrected chi connectivity index (χ4v) is 17.5. The molecule has 0 fully saturated rings. The zero-order valence-corrected chi connectivity index (χ0v) is 38.7. The van der Waals surface area contributed by atoms with Crippen molar-refractivity contribution in [2.75, 3.05) is 7.11 Å². The topological polar surface area (TPSA) is 74.2 Å². The maximum absolute atomic E-state index is 12.1. The molecule has 0 saturated carbocycles. The molecule has 8 heteroatoms. The van der Waals surface area contributed by atoms with Crippen LogP contribution in [0.5, 0.6) is 5.75 Å². The van der Waals surface area contributed by atoms with E-state index in [1.165, 1.54) is 16.4 Å². The largest absolute Gasteiger partial charge is 0.497 e. The van der Waals surface area contributed by atoms with Gasteiger partial charge in [0.15, 0.2) is 0 Å². The van der Waals surface area contributed by atoms with E-state index in [1.54, 1.807) is 13.2 Å². The summed E-state index contributed by atoms with van der Waals surface area (Å²) in [6.07, 6.45) is 8.49. The molecule has 0 saturated heterocycles. The summed E-state index contributed by atoms with van der Waals surface area (Å²) in [6, 6.07) is 50.3. The van der Waals surface area contributed by atoms with Crippen LogP contribution in [-0.4, -0.2) is 53.1 Å². The first kappa shape index (κ1) is 46.2. The van der Waals surface area contributed by atoms with Gasteiger partial charge in [-0.3, -0.25) is 0 Å². The van der Waals surface area contributed by atoms with Gasteiger partial charge >= 0.3 is 5.97 Å². The molecule has 5 aromatic carbocycles. The predicted octanol–water partition coefficient (Wildman–Crippen LogP) is 9.86. The van der Waals surface area contributed by atoms with Crippen LogP contribution in [0.3, 0.4) is 0 Å². The third-order valence-corrected chi connectivity index (χ3v) is 21.3. The molecule has 5 aromatic rings. The first-order valence-corrected chi connectivity index (χ1v) is 24.9. The van der Waals surface area contributed by atoms with Gasteiger partial charge in [-0.15, -0.1) is 0 Å². The molecule has 3 atom stereocenters. The summed E-state index contributed by atoms with van der Waals surface area (Å²) in [4.78, 5) is 12.1. The van der Waals surface area contributed by atoms with Gasteiger partial charge in [-0.05, 0) is 80.8 Å². The van der Waals surface area contributed by atoms with Crippen LogP contribution in [0.1, 0.15) is 73.3 Å². The highest BCUT2D eigenvalue weighted by atomic mass is 28.4. The van der Waals surface area contributed by atoms with Gasteiger partial charge in [-0.1, -0.05) is 187 Å². The minimum Gasteiger partial charge on any atom is -0.497 e. The van der Waals surface area contributed by atoms with Gasteiger partial charge in [0, 0.05) is 6.08 Å². The lowest BCUT2D eigenvalue weighted by Crippen LogP contribution is -2.67. The Balaban J connectivity index is 1.56. The average molecular weight is 841 g/mol. The molecule has 0 aliphatic carbocycles. The molecule has 60 heavy (non-hydrogen) atoms. The van der Waals surface area contributed by atoms with Crippen molar-refractivity contribution in [3.8, 4) is 5.75 Å². The molecule has 5 rings (SSSR count). The summed E-state index contributed by atoms with van der Waals surface area (Å²) in [5.74, 6) is -0.201. The van der Waals surface area contributed by atoms with Gasteiger partial charge in [0.2, 0.25) is 0 Å². The van der Waals surface area contributed by atoms with Gasteiger partial charge in [0.25, 0.3) is 16.6 Å². The normalized spacial score (nSPS) is 14.3. The number of benzene rings is 5. The number of rotatable bonds is 20. The Labute approximate surface area is 361 Å². The Morgan fingerprint density at radius 2 is 1.03 bits per heavy atom. The maximum Gasteiger partial charge on any atom is 0.328 e. The lowest BCUT2D eigenvalue weighted by atomic mass is 10.1. The number of aliphatic carboxylic acids is 1. The van der Waals surface area contributed by atoms with Crippen molar-refractivity contribution >= 4 is 43.4 Å². The van der Waals surface area contributed by atoms with Gasteiger partial charge in [-0.25, -0.2) is 4.79 Å². The Kier molecular flexibility index (Phi) is 16.3. The van der Waals surface area contributed by atoms with Gasteiger partial charge in [0.05, 0.1) is 32.0 Å². The highest BCUT2D eigenvalue weighted by Crippen LogP contribution is 2.40. The van der Waals surface area contributed by atoms with Gasteiger partial charge < -0.3 is 23.4 Å². The van der Waals surface area contributed by atoms with Crippen LogP contribution < -0.4 is 25.5 Å². The fourth-order valence-electron chi connectivity index (χ4n) is 8.21. The smallest absolute Gasteiger partial charge is 0.328 e. The zero-order valence-electron chi connectivity index (χ0n) is 36.7. The lowest BCUT2D eigenvalue weighted by molar-refractivity contribution is -0.131. The van der Waals surface area contributed by atoms with E-state index in [-0.39, 0.29) is 22.3 Å². The van der Waals surface area contributed by atoms with Crippen molar-refractivity contribution in [3.63, 3.8) is 0 Å². The summed E-state index contributed by atoms with van der Waals surface area (Å²) in [7, 11) is -4.39. The summed E-state index contributed by atoms with van der Waals surface area (Å²) in [5.41, 5.74) is 1.10. The quantitative estimate of drug-likeness (QED) is 0.0478. The second-order valence-corrected chi connectivity index (χ2v) is 26.1. The molecule has 316 valence electrons. The van der Waals surface area contributed by atoms with Crippen LogP contribution in [0, 0.1) is 0 Å². The first-order chi connectivity index (χ1) is 28.7. The van der Waals surface area contributed by atoms with E-state index < -0.39 is 28.7 Å². The van der Waals surface area contributed by atoms with E-state index in [0.29, 0.717) is 6.61 Å². The zero-order chi connectivity index (χ0) is 43.2. The molecule has 0 amide bonds. The highest BCUT2D eigenvalue weighted by molar-refractivity contribution is 7.00. The van der Waals surface area contributed by atoms with Gasteiger partial charge in [0.1, 0.15) is 5.75 Å². The number of carbonyl (C=O) groups is 1. The van der Waals surface area contributed by atoms with Crippen molar-refractivity contribution < 1.29 is 28.2 Å². The average Bonchev–Trinajstić information content (AvgIpc) is 3.24. The minimum absolute atomic E-state index is 0.0225. The molecule has 6 nitrogen and oxygen atoms in total. The molecule has 0 aliphatic heterocycles. The van der Waals surface area contributed by atoms with Crippen LogP contribution in [0.15, 0.2) is 170 Å². The second-order valence-electron chi connectivity index (χ2n) is 17.5. The van der Waals surface area contributed by atoms with E-state index in [2.05, 4.69) is 164 Å². The second kappa shape index (κ2) is 21.1. The third-order valence-electron chi connectivity index (χ3n) is 11.2. The van der Waals surface area contributed by atoms with Crippen molar-refractivity contribution in [2.24, 2.45) is 0 Å². The molecule has 1 N–H and O–H groups in total. The summed E-state index contributed by atoms with van der Waals surface area (Å²) >= 11 is 0. The van der Waals surface area contributed by atoms with Crippen LogP contribution in [-0.2, 0) is 25.0 Å². The van der Waals surface area contributed by atoms with E-state index in [4.69, 9.17) is 18.3 Å². The van der Waals surface area contributed by atoms with Crippen LogP contribution >= 0.6 is 0 Å².